The van der Waals surface area contributed by atoms with Crippen molar-refractivity contribution in [1.82, 2.24) is 0 Å². The molecule has 1 aromatic carbocycles. The van der Waals surface area contributed by atoms with Crippen molar-refractivity contribution in [2.45, 2.75) is 83.0 Å². The molecule has 0 amide bonds. The maximum Gasteiger partial charge on any atom is 0.152 e. The lowest BCUT2D eigenvalue weighted by atomic mass is 9.80. The molecule has 164 valence electrons. The van der Waals surface area contributed by atoms with Crippen LogP contribution in [-0.2, 0) is 21.0 Å². The first-order valence-corrected chi connectivity index (χ1v) is 13.2. The summed E-state index contributed by atoms with van der Waals surface area (Å²) in [7, 11) is -2.91. The van der Waals surface area contributed by atoms with Crippen molar-refractivity contribution in [3.63, 3.8) is 0 Å². The molecule has 1 aliphatic carbocycles. The Hall–Kier alpha value is -1.07. The van der Waals surface area contributed by atoms with Crippen LogP contribution in [0.5, 0.6) is 5.75 Å². The van der Waals surface area contributed by atoms with Gasteiger partial charge in [-0.2, -0.15) is 0 Å². The van der Waals surface area contributed by atoms with Gasteiger partial charge >= 0.3 is 0 Å². The molecular formula is C24H38O4S. The van der Waals surface area contributed by atoms with Crippen LogP contribution in [0.3, 0.4) is 0 Å². The van der Waals surface area contributed by atoms with Crippen LogP contribution in [0, 0.1) is 11.8 Å². The highest BCUT2D eigenvalue weighted by Gasteiger charge is 2.27. The Morgan fingerprint density at radius 3 is 2.31 bits per heavy atom. The van der Waals surface area contributed by atoms with Gasteiger partial charge in [-0.15, -0.1) is 0 Å². The van der Waals surface area contributed by atoms with Crippen molar-refractivity contribution >= 4 is 9.84 Å². The van der Waals surface area contributed by atoms with Crippen molar-refractivity contribution < 1.29 is 17.9 Å². The van der Waals surface area contributed by atoms with E-state index in [1.54, 1.807) is 13.8 Å². The summed E-state index contributed by atoms with van der Waals surface area (Å²) < 4.78 is 35.9. The molecule has 0 N–H and O–H groups in total. The van der Waals surface area contributed by atoms with Gasteiger partial charge in [-0.05, 0) is 88.3 Å². The van der Waals surface area contributed by atoms with Gasteiger partial charge < -0.3 is 9.47 Å². The minimum absolute atomic E-state index is 0.245. The first-order chi connectivity index (χ1) is 13.9. The molecule has 5 heteroatoms. The number of sulfone groups is 1. The fraction of sp³-hybridized carbons (Fsp3) is 0.750. The minimum Gasteiger partial charge on any atom is -0.491 e. The molecule has 1 aromatic rings. The average Bonchev–Trinajstić information content (AvgIpc) is 2.73. The highest BCUT2D eigenvalue weighted by atomic mass is 32.2. The topological polar surface area (TPSA) is 52.6 Å². The molecule has 1 saturated heterocycles. The summed E-state index contributed by atoms with van der Waals surface area (Å²) in [5.41, 5.74) is 1.36. The molecule has 1 unspecified atom stereocenters. The standard InChI is InChI=1S/C24H38O4S/c1-19(2)29(25,26)18-22-10-8-20(9-11-22)6-7-21-12-14-23(15-13-21)28-17-24-5-3-4-16-27-24/h12-15,19-20,22,24H,3-11,16-18H2,1-2H3. The lowest BCUT2D eigenvalue weighted by Gasteiger charge is -2.28. The van der Waals surface area contributed by atoms with Crippen LogP contribution in [0.1, 0.15) is 70.8 Å². The SMILES string of the molecule is CC(C)S(=O)(=O)CC1CCC(CCc2ccc(OCC3CCCCO3)cc2)CC1. The van der Waals surface area contributed by atoms with E-state index in [1.807, 2.05) is 0 Å². The summed E-state index contributed by atoms with van der Waals surface area (Å²) in [6, 6.07) is 8.51. The maximum atomic E-state index is 12.1. The number of hydrogen-bond acceptors (Lipinski definition) is 4. The normalized spacial score (nSPS) is 25.8. The second kappa shape index (κ2) is 10.8. The Labute approximate surface area is 177 Å². The first-order valence-electron chi connectivity index (χ1n) is 11.5. The number of ether oxygens (including phenoxy) is 2. The smallest absolute Gasteiger partial charge is 0.152 e. The monoisotopic (exact) mass is 422 g/mol. The first kappa shape index (κ1) is 22.6. The molecule has 2 aliphatic rings. The van der Waals surface area contributed by atoms with Crippen molar-refractivity contribution in [1.29, 1.82) is 0 Å². The average molecular weight is 423 g/mol. The van der Waals surface area contributed by atoms with Crippen LogP contribution >= 0.6 is 0 Å². The lowest BCUT2D eigenvalue weighted by molar-refractivity contribution is -0.0110. The Kier molecular flexibility index (Phi) is 8.43. The van der Waals surface area contributed by atoms with Gasteiger partial charge in [0.05, 0.1) is 17.1 Å². The minimum atomic E-state index is -2.91. The van der Waals surface area contributed by atoms with Crippen molar-refractivity contribution in [2.75, 3.05) is 19.0 Å². The zero-order valence-electron chi connectivity index (χ0n) is 18.1. The molecule has 2 fully saturated rings. The molecule has 1 atom stereocenters. The number of rotatable bonds is 9. The fourth-order valence-electron chi connectivity index (χ4n) is 4.46. The second-order valence-corrected chi connectivity index (χ2v) is 11.8. The van der Waals surface area contributed by atoms with Gasteiger partial charge in [0.15, 0.2) is 9.84 Å². The van der Waals surface area contributed by atoms with E-state index in [0.29, 0.717) is 18.3 Å². The number of hydrogen-bond donors (Lipinski definition) is 0. The fourth-order valence-corrected chi connectivity index (χ4v) is 5.83. The van der Waals surface area contributed by atoms with E-state index < -0.39 is 9.84 Å². The van der Waals surface area contributed by atoms with E-state index >= 15 is 0 Å². The van der Waals surface area contributed by atoms with Crippen LogP contribution < -0.4 is 4.74 Å². The Morgan fingerprint density at radius 2 is 1.69 bits per heavy atom. The third kappa shape index (κ3) is 7.29. The van der Waals surface area contributed by atoms with Gasteiger partial charge in [0.25, 0.3) is 0 Å². The molecule has 29 heavy (non-hydrogen) atoms. The van der Waals surface area contributed by atoms with Crippen LogP contribution in [0.2, 0.25) is 0 Å². The summed E-state index contributed by atoms with van der Waals surface area (Å²) in [5, 5.41) is -0.248. The summed E-state index contributed by atoms with van der Waals surface area (Å²) in [4.78, 5) is 0. The summed E-state index contributed by atoms with van der Waals surface area (Å²) in [6.45, 7) is 5.10. The van der Waals surface area contributed by atoms with Gasteiger partial charge in [-0.3, -0.25) is 0 Å². The van der Waals surface area contributed by atoms with Gasteiger partial charge in [0, 0.05) is 6.61 Å². The van der Waals surface area contributed by atoms with E-state index in [1.165, 1.54) is 37.7 Å². The predicted molar refractivity (Wildman–Crippen MR) is 118 cm³/mol. The van der Waals surface area contributed by atoms with Gasteiger partial charge in [-0.25, -0.2) is 8.42 Å². The summed E-state index contributed by atoms with van der Waals surface area (Å²) in [6.07, 6.45) is 10.5. The zero-order chi connectivity index (χ0) is 20.7. The van der Waals surface area contributed by atoms with Crippen LogP contribution in [0.25, 0.3) is 0 Å². The molecule has 0 radical (unpaired) electrons. The van der Waals surface area contributed by atoms with Crippen molar-refractivity contribution in [2.24, 2.45) is 11.8 Å². The highest BCUT2D eigenvalue weighted by Crippen LogP contribution is 2.33. The Morgan fingerprint density at radius 1 is 1.00 bits per heavy atom. The van der Waals surface area contributed by atoms with Crippen molar-refractivity contribution in [3.05, 3.63) is 29.8 Å². The van der Waals surface area contributed by atoms with Gasteiger partial charge in [0.1, 0.15) is 12.4 Å². The largest absolute Gasteiger partial charge is 0.491 e. The Bertz CT molecular complexity index is 697. The molecular weight excluding hydrogens is 384 g/mol. The van der Waals surface area contributed by atoms with Gasteiger partial charge in [0.2, 0.25) is 0 Å². The maximum absolute atomic E-state index is 12.1. The molecule has 4 nitrogen and oxygen atoms in total. The number of benzene rings is 1. The summed E-state index contributed by atoms with van der Waals surface area (Å²) in [5.74, 6) is 2.40. The lowest BCUT2D eigenvalue weighted by Crippen LogP contribution is -2.26. The molecule has 1 saturated carbocycles. The molecule has 1 heterocycles. The van der Waals surface area contributed by atoms with Crippen molar-refractivity contribution in [3.8, 4) is 5.75 Å². The zero-order valence-corrected chi connectivity index (χ0v) is 19.0. The molecule has 1 aliphatic heterocycles. The third-order valence-corrected chi connectivity index (χ3v) is 9.00. The predicted octanol–water partition coefficient (Wildman–Crippen LogP) is 5.20. The van der Waals surface area contributed by atoms with E-state index in [0.717, 1.165) is 44.0 Å². The van der Waals surface area contributed by atoms with Crippen LogP contribution in [0.4, 0.5) is 0 Å². The highest BCUT2D eigenvalue weighted by molar-refractivity contribution is 7.91. The number of aryl methyl sites for hydroxylation is 1. The molecule has 0 spiro atoms. The quantitative estimate of drug-likeness (QED) is 0.549. The summed E-state index contributed by atoms with van der Waals surface area (Å²) >= 11 is 0. The van der Waals surface area contributed by atoms with E-state index in [9.17, 15) is 8.42 Å². The molecule has 3 rings (SSSR count). The van der Waals surface area contributed by atoms with Crippen LogP contribution in [0.15, 0.2) is 24.3 Å². The van der Waals surface area contributed by atoms with Gasteiger partial charge in [-0.1, -0.05) is 25.0 Å². The Balaban J connectivity index is 1.35. The van der Waals surface area contributed by atoms with E-state index in [-0.39, 0.29) is 11.4 Å². The van der Waals surface area contributed by atoms with Crippen LogP contribution in [-0.4, -0.2) is 38.7 Å². The molecule has 0 aromatic heterocycles. The molecule has 0 bridgehead atoms. The van der Waals surface area contributed by atoms with E-state index in [2.05, 4.69) is 24.3 Å². The third-order valence-electron chi connectivity index (χ3n) is 6.63. The van der Waals surface area contributed by atoms with E-state index in [4.69, 9.17) is 9.47 Å². The second-order valence-electron chi connectivity index (χ2n) is 9.25.